The van der Waals surface area contributed by atoms with Gasteiger partial charge in [0.25, 0.3) is 0 Å². The largest absolute Gasteiger partial charge is 0.416 e. The van der Waals surface area contributed by atoms with Crippen LogP contribution in [-0.2, 0) is 18.9 Å². The normalized spacial score (nSPS) is 12.0. The van der Waals surface area contributed by atoms with Gasteiger partial charge in [0.05, 0.1) is 34.5 Å². The van der Waals surface area contributed by atoms with Gasteiger partial charge < -0.3 is 0 Å². The van der Waals surface area contributed by atoms with Crippen LogP contribution in [0.2, 0.25) is 0 Å². The van der Waals surface area contributed by atoms with Gasteiger partial charge in [-0.3, -0.25) is 14.8 Å². The first-order valence-corrected chi connectivity index (χ1v) is 11.8. The van der Waals surface area contributed by atoms with Gasteiger partial charge in [0.15, 0.2) is 5.78 Å². The Kier molecular flexibility index (Phi) is 7.11. The number of pyridine rings is 2. The molecule has 0 amide bonds. The van der Waals surface area contributed by atoms with Gasteiger partial charge in [0.1, 0.15) is 17.2 Å². The Morgan fingerprint density at radius 2 is 1.39 bits per heavy atom. The van der Waals surface area contributed by atoms with Crippen molar-refractivity contribution in [3.63, 3.8) is 0 Å². The van der Waals surface area contributed by atoms with Crippen molar-refractivity contribution in [2.45, 2.75) is 18.9 Å². The van der Waals surface area contributed by atoms with Crippen molar-refractivity contribution in [1.29, 1.82) is 0 Å². The predicted octanol–water partition coefficient (Wildman–Crippen LogP) is 6.86. The van der Waals surface area contributed by atoms with Gasteiger partial charge in [-0.05, 0) is 60.2 Å². The van der Waals surface area contributed by atoms with Gasteiger partial charge in [-0.2, -0.15) is 26.3 Å². The molecule has 2 aromatic carbocycles. The Labute approximate surface area is 227 Å². The number of carbonyl (C=O) groups is 1. The Bertz CT molecular complexity index is 1700. The smallest absolute Gasteiger partial charge is 0.288 e. The minimum Gasteiger partial charge on any atom is -0.288 e. The predicted molar refractivity (Wildman–Crippen MR) is 132 cm³/mol. The van der Waals surface area contributed by atoms with Gasteiger partial charge in [0.2, 0.25) is 0 Å². The highest BCUT2D eigenvalue weighted by Gasteiger charge is 2.37. The fourth-order valence-corrected chi connectivity index (χ4v) is 4.23. The first kappa shape index (κ1) is 27.6. The molecule has 6 nitrogen and oxygen atoms in total. The summed E-state index contributed by atoms with van der Waals surface area (Å²) in [4.78, 5) is 21.5. The Morgan fingerprint density at radius 3 is 2.02 bits per heavy atom. The average Bonchev–Trinajstić information content (AvgIpc) is 3.35. The lowest BCUT2D eigenvalue weighted by atomic mass is 9.98. The molecule has 0 radical (unpaired) electrons. The lowest BCUT2D eigenvalue weighted by molar-refractivity contribution is -0.143. The van der Waals surface area contributed by atoms with Crippen LogP contribution in [0.25, 0.3) is 22.6 Å². The van der Waals surface area contributed by atoms with Crippen LogP contribution in [0.5, 0.6) is 0 Å². The topological polar surface area (TPSA) is 73.6 Å². The molecule has 208 valence electrons. The number of ketones is 1. The van der Waals surface area contributed by atoms with Gasteiger partial charge in [0, 0.05) is 24.2 Å². The van der Waals surface area contributed by atoms with Crippen LogP contribution in [-0.4, -0.2) is 30.7 Å². The molecule has 0 aliphatic heterocycles. The summed E-state index contributed by atoms with van der Waals surface area (Å²) in [5.41, 5.74) is -3.06. The van der Waals surface area contributed by atoms with Crippen molar-refractivity contribution in [3.05, 3.63) is 119 Å². The van der Waals surface area contributed by atoms with Crippen molar-refractivity contribution in [3.8, 4) is 22.6 Å². The fourth-order valence-electron chi connectivity index (χ4n) is 4.23. The van der Waals surface area contributed by atoms with E-state index in [0.717, 1.165) is 10.7 Å². The highest BCUT2D eigenvalue weighted by Crippen LogP contribution is 2.37. The Morgan fingerprint density at radius 1 is 0.756 bits per heavy atom. The summed E-state index contributed by atoms with van der Waals surface area (Å²) in [6.45, 7) is -0.541. The number of rotatable bonds is 6. The van der Waals surface area contributed by atoms with E-state index in [2.05, 4.69) is 20.3 Å². The van der Waals surface area contributed by atoms with Crippen molar-refractivity contribution < 1.29 is 35.5 Å². The van der Waals surface area contributed by atoms with Crippen LogP contribution in [0.1, 0.15) is 32.6 Å². The van der Waals surface area contributed by atoms with Crippen LogP contribution < -0.4 is 0 Å². The quantitative estimate of drug-likeness (QED) is 0.165. The van der Waals surface area contributed by atoms with Gasteiger partial charge in [-0.15, -0.1) is 5.10 Å². The maximum atomic E-state index is 14.4. The molecule has 3 heterocycles. The van der Waals surface area contributed by atoms with Gasteiger partial charge >= 0.3 is 12.4 Å². The molecule has 41 heavy (non-hydrogen) atoms. The number of carbonyl (C=O) groups excluding carboxylic acids is 1. The summed E-state index contributed by atoms with van der Waals surface area (Å²) in [6.07, 6.45) is -5.90. The summed E-state index contributed by atoms with van der Waals surface area (Å²) in [5, 5.41) is 8.10. The molecule has 3 aromatic heterocycles. The lowest BCUT2D eigenvalue weighted by Crippen LogP contribution is -2.13. The second-order valence-corrected chi connectivity index (χ2v) is 8.80. The highest BCUT2D eigenvalue weighted by molar-refractivity contribution is 6.12. The standard InChI is InChI=1S/C28H16F7N5O/c29-22-6-2-1-4-20(22)26(41)21-5-3-9-37-23(21)24-25(17-7-10-36-11-8-17)40(39-38-24)15-16-12-18(27(30,31)32)14-19(13-16)28(33,34)35/h1-14H,15H2. The van der Waals surface area contributed by atoms with E-state index < -0.39 is 41.6 Å². The number of benzene rings is 2. The molecule has 0 unspecified atom stereocenters. The second-order valence-electron chi connectivity index (χ2n) is 8.80. The first-order chi connectivity index (χ1) is 19.4. The lowest BCUT2D eigenvalue weighted by Gasteiger charge is -2.15. The fraction of sp³-hybridized carbons (Fsp3) is 0.107. The van der Waals surface area contributed by atoms with Crippen LogP contribution in [0.4, 0.5) is 30.7 Å². The van der Waals surface area contributed by atoms with E-state index in [0.29, 0.717) is 17.7 Å². The molecule has 0 N–H and O–H groups in total. The zero-order valence-electron chi connectivity index (χ0n) is 20.6. The number of hydrogen-bond acceptors (Lipinski definition) is 5. The Balaban J connectivity index is 1.67. The van der Waals surface area contributed by atoms with E-state index in [1.165, 1.54) is 61.1 Å². The molecule has 0 atom stereocenters. The molecule has 0 fully saturated rings. The summed E-state index contributed by atoms with van der Waals surface area (Å²) >= 11 is 0. The maximum absolute atomic E-state index is 14.4. The van der Waals surface area contributed by atoms with Crippen LogP contribution in [0, 0.1) is 5.82 Å². The molecule has 0 saturated carbocycles. The number of hydrogen-bond donors (Lipinski definition) is 0. The third kappa shape index (κ3) is 5.69. The summed E-state index contributed by atoms with van der Waals surface area (Å²) in [7, 11) is 0. The zero-order valence-corrected chi connectivity index (χ0v) is 20.6. The van der Waals surface area contributed by atoms with Gasteiger partial charge in [-0.1, -0.05) is 17.3 Å². The van der Waals surface area contributed by atoms with Crippen LogP contribution in [0.3, 0.4) is 0 Å². The third-order valence-electron chi connectivity index (χ3n) is 6.06. The molecule has 0 saturated heterocycles. The van der Waals surface area contributed by atoms with Crippen LogP contribution in [0.15, 0.2) is 85.3 Å². The highest BCUT2D eigenvalue weighted by atomic mass is 19.4. The molecule has 13 heteroatoms. The maximum Gasteiger partial charge on any atom is 0.416 e. The molecule has 0 bridgehead atoms. The van der Waals surface area contributed by atoms with Crippen molar-refractivity contribution >= 4 is 5.78 Å². The SMILES string of the molecule is O=C(c1ccccc1F)c1cccnc1-c1nnn(Cc2cc(C(F)(F)F)cc(C(F)(F)F)c2)c1-c1ccncc1. The van der Waals surface area contributed by atoms with E-state index in [-0.39, 0.29) is 39.8 Å². The molecule has 5 rings (SSSR count). The van der Waals surface area contributed by atoms with Crippen LogP contribution >= 0.6 is 0 Å². The van der Waals surface area contributed by atoms with E-state index >= 15 is 0 Å². The number of halogens is 7. The zero-order chi connectivity index (χ0) is 29.4. The van der Waals surface area contributed by atoms with E-state index in [1.807, 2.05) is 0 Å². The first-order valence-electron chi connectivity index (χ1n) is 11.8. The molecule has 0 aliphatic carbocycles. The van der Waals surface area contributed by atoms with Crippen molar-refractivity contribution in [2.75, 3.05) is 0 Å². The van der Waals surface area contributed by atoms with E-state index in [9.17, 15) is 35.5 Å². The van der Waals surface area contributed by atoms with Crippen molar-refractivity contribution in [2.24, 2.45) is 0 Å². The minimum absolute atomic E-state index is 0.000454. The van der Waals surface area contributed by atoms with E-state index in [4.69, 9.17) is 0 Å². The third-order valence-corrected chi connectivity index (χ3v) is 6.06. The molecular formula is C28H16F7N5O. The van der Waals surface area contributed by atoms with Gasteiger partial charge in [-0.25, -0.2) is 9.07 Å². The average molecular weight is 571 g/mol. The van der Waals surface area contributed by atoms with Crippen molar-refractivity contribution in [1.82, 2.24) is 25.0 Å². The summed E-state index contributed by atoms with van der Waals surface area (Å²) < 4.78 is 96.3. The molecule has 0 aliphatic rings. The number of nitrogens with zero attached hydrogens (tertiary/aromatic N) is 5. The molecular weight excluding hydrogens is 555 g/mol. The molecule has 5 aromatic rings. The number of alkyl halides is 6. The minimum atomic E-state index is -5.03. The molecule has 0 spiro atoms. The van der Waals surface area contributed by atoms with E-state index in [1.54, 1.807) is 0 Å². The Hall–Kier alpha value is -4.94. The second kappa shape index (κ2) is 10.6. The summed E-state index contributed by atoms with van der Waals surface area (Å²) in [6, 6.07) is 12.4. The monoisotopic (exact) mass is 571 g/mol. The summed E-state index contributed by atoms with van der Waals surface area (Å²) in [5.74, 6) is -1.48. The number of aromatic nitrogens is 5.